The van der Waals surface area contributed by atoms with E-state index in [1.165, 1.54) is 16.1 Å². The normalized spacial score (nSPS) is 18.3. The maximum Gasteiger partial charge on any atom is 0.344 e. The number of piperazine rings is 1. The lowest BCUT2D eigenvalue weighted by molar-refractivity contribution is 0.122. The summed E-state index contributed by atoms with van der Waals surface area (Å²) in [4.78, 5) is 19.0. The van der Waals surface area contributed by atoms with Crippen LogP contribution in [0.15, 0.2) is 36.7 Å². The molecule has 1 aromatic heterocycles. The van der Waals surface area contributed by atoms with Crippen LogP contribution in [0.1, 0.15) is 5.56 Å². The topological polar surface area (TPSA) is 53.8 Å². The summed E-state index contributed by atoms with van der Waals surface area (Å²) in [5, 5.41) is 4.12. The Hall–Kier alpha value is -2.54. The molecule has 0 bridgehead atoms. The van der Waals surface area contributed by atoms with Gasteiger partial charge >= 0.3 is 6.03 Å². The van der Waals surface area contributed by atoms with Crippen LogP contribution in [0.4, 0.5) is 16.2 Å². The highest BCUT2D eigenvalue weighted by Gasteiger charge is 2.23. The minimum absolute atomic E-state index is 0.0413. The quantitative estimate of drug-likeness (QED) is 0.823. The lowest BCUT2D eigenvalue weighted by atomic mass is 10.2. The van der Waals surface area contributed by atoms with Gasteiger partial charge < -0.3 is 19.4 Å². The van der Waals surface area contributed by atoms with Crippen LogP contribution < -0.4 is 9.80 Å². The fourth-order valence-corrected chi connectivity index (χ4v) is 3.51. The van der Waals surface area contributed by atoms with E-state index >= 15 is 0 Å². The van der Waals surface area contributed by atoms with Crippen molar-refractivity contribution in [2.45, 2.75) is 6.92 Å². The summed E-state index contributed by atoms with van der Waals surface area (Å²) in [6, 6.07) is 8.69. The maximum absolute atomic E-state index is 12.5. The number of aryl methyl sites for hydroxylation is 1. The summed E-state index contributed by atoms with van der Waals surface area (Å²) in [5.41, 5.74) is 3.46. The molecule has 3 heterocycles. The van der Waals surface area contributed by atoms with E-state index in [1.54, 1.807) is 12.4 Å². The number of nitrogens with zero attached hydrogens (tertiary/aromatic N) is 5. The van der Waals surface area contributed by atoms with Gasteiger partial charge in [0, 0.05) is 56.8 Å². The number of benzene rings is 1. The van der Waals surface area contributed by atoms with E-state index in [2.05, 4.69) is 39.2 Å². The number of hydrogen-bond donors (Lipinski definition) is 0. The van der Waals surface area contributed by atoms with Crippen LogP contribution in [0, 0.1) is 6.92 Å². The average Bonchev–Trinajstić information content (AvgIpc) is 3.15. The zero-order chi connectivity index (χ0) is 17.9. The molecule has 4 rings (SSSR count). The van der Waals surface area contributed by atoms with Gasteiger partial charge in [-0.1, -0.05) is 0 Å². The molecule has 0 saturated carbocycles. The van der Waals surface area contributed by atoms with Gasteiger partial charge in [0.2, 0.25) is 0 Å². The van der Waals surface area contributed by atoms with Crippen molar-refractivity contribution in [2.24, 2.45) is 0 Å². The molecule has 2 fully saturated rings. The van der Waals surface area contributed by atoms with E-state index in [1.807, 2.05) is 11.8 Å². The highest BCUT2D eigenvalue weighted by atomic mass is 16.5. The molecule has 138 valence electrons. The van der Waals surface area contributed by atoms with Crippen LogP contribution >= 0.6 is 0 Å². The second-order valence-corrected chi connectivity index (χ2v) is 6.83. The SMILES string of the molecule is Cc1cnn(C(=O)N2CCN(c3ccc(N4CCOCC4)cc3)CC2)c1. The van der Waals surface area contributed by atoms with Gasteiger partial charge in [-0.15, -0.1) is 0 Å². The summed E-state index contributed by atoms with van der Waals surface area (Å²) in [5.74, 6) is 0. The predicted octanol–water partition coefficient (Wildman–Crippen LogP) is 1.82. The molecule has 1 aromatic carbocycles. The number of amides is 1. The molecule has 26 heavy (non-hydrogen) atoms. The third-order valence-electron chi connectivity index (χ3n) is 5.05. The maximum atomic E-state index is 12.5. The van der Waals surface area contributed by atoms with Gasteiger partial charge in [0.05, 0.1) is 19.4 Å². The number of carbonyl (C=O) groups excluding carboxylic acids is 1. The highest BCUT2D eigenvalue weighted by molar-refractivity contribution is 5.76. The summed E-state index contributed by atoms with van der Waals surface area (Å²) < 4.78 is 6.85. The van der Waals surface area contributed by atoms with Crippen molar-refractivity contribution in [3.8, 4) is 0 Å². The summed E-state index contributed by atoms with van der Waals surface area (Å²) in [6.45, 7) is 8.54. The van der Waals surface area contributed by atoms with Gasteiger partial charge in [-0.05, 0) is 36.8 Å². The molecule has 7 nitrogen and oxygen atoms in total. The number of aromatic nitrogens is 2. The molecule has 0 N–H and O–H groups in total. The summed E-state index contributed by atoms with van der Waals surface area (Å²) in [6.07, 6.45) is 3.49. The Morgan fingerprint density at radius 3 is 2.04 bits per heavy atom. The third-order valence-corrected chi connectivity index (χ3v) is 5.05. The van der Waals surface area contributed by atoms with Gasteiger partial charge in [0.25, 0.3) is 0 Å². The number of carbonyl (C=O) groups is 1. The first-order valence-electron chi connectivity index (χ1n) is 9.19. The van der Waals surface area contributed by atoms with Crippen LogP contribution in [-0.2, 0) is 4.74 Å². The second-order valence-electron chi connectivity index (χ2n) is 6.83. The average molecular weight is 355 g/mol. The molecule has 2 aliphatic heterocycles. The predicted molar refractivity (Wildman–Crippen MR) is 101 cm³/mol. The fraction of sp³-hybridized carbons (Fsp3) is 0.474. The minimum Gasteiger partial charge on any atom is -0.378 e. The fourth-order valence-electron chi connectivity index (χ4n) is 3.51. The van der Waals surface area contributed by atoms with E-state index in [4.69, 9.17) is 4.74 Å². The lowest BCUT2D eigenvalue weighted by Crippen LogP contribution is -2.50. The number of ether oxygens (including phenoxy) is 1. The number of rotatable bonds is 2. The van der Waals surface area contributed by atoms with Crippen LogP contribution in [-0.4, -0.2) is 73.2 Å². The molecule has 0 atom stereocenters. The molecule has 2 aliphatic rings. The number of morpholine rings is 1. The first-order chi connectivity index (χ1) is 12.7. The van der Waals surface area contributed by atoms with Crippen molar-refractivity contribution in [2.75, 3.05) is 62.3 Å². The first-order valence-corrected chi connectivity index (χ1v) is 9.19. The van der Waals surface area contributed by atoms with Crippen LogP contribution in [0.5, 0.6) is 0 Å². The van der Waals surface area contributed by atoms with Crippen molar-refractivity contribution in [1.29, 1.82) is 0 Å². The molecular formula is C19H25N5O2. The largest absolute Gasteiger partial charge is 0.378 e. The smallest absolute Gasteiger partial charge is 0.344 e. The van der Waals surface area contributed by atoms with E-state index in [0.717, 1.165) is 45.0 Å². The molecule has 0 aliphatic carbocycles. The van der Waals surface area contributed by atoms with E-state index in [0.29, 0.717) is 13.1 Å². The minimum atomic E-state index is -0.0413. The lowest BCUT2D eigenvalue weighted by Gasteiger charge is -2.36. The van der Waals surface area contributed by atoms with Crippen molar-refractivity contribution in [3.63, 3.8) is 0 Å². The molecule has 0 radical (unpaired) electrons. The van der Waals surface area contributed by atoms with Crippen molar-refractivity contribution in [3.05, 3.63) is 42.2 Å². The van der Waals surface area contributed by atoms with Crippen LogP contribution in [0.3, 0.4) is 0 Å². The standard InChI is InChI=1S/C19H25N5O2/c1-16-14-20-24(15-16)19(25)23-8-6-21(7-9-23)17-2-4-18(5-3-17)22-10-12-26-13-11-22/h2-5,14-15H,6-13H2,1H3. The van der Waals surface area contributed by atoms with Gasteiger partial charge in [-0.25, -0.2) is 4.79 Å². The number of hydrogen-bond acceptors (Lipinski definition) is 5. The molecule has 7 heteroatoms. The Balaban J connectivity index is 1.35. The second kappa shape index (κ2) is 7.37. The van der Waals surface area contributed by atoms with Crippen molar-refractivity contribution < 1.29 is 9.53 Å². The van der Waals surface area contributed by atoms with Gasteiger partial charge in [0.1, 0.15) is 0 Å². The van der Waals surface area contributed by atoms with E-state index in [9.17, 15) is 4.79 Å². The molecule has 0 spiro atoms. The van der Waals surface area contributed by atoms with Crippen molar-refractivity contribution in [1.82, 2.24) is 14.7 Å². The Morgan fingerprint density at radius 1 is 0.923 bits per heavy atom. The van der Waals surface area contributed by atoms with Gasteiger partial charge in [0.15, 0.2) is 0 Å². The Morgan fingerprint density at radius 2 is 1.50 bits per heavy atom. The third kappa shape index (κ3) is 3.53. The molecule has 1 amide bonds. The summed E-state index contributed by atoms with van der Waals surface area (Å²) >= 11 is 0. The van der Waals surface area contributed by atoms with Crippen molar-refractivity contribution >= 4 is 17.4 Å². The first kappa shape index (κ1) is 16.9. The van der Waals surface area contributed by atoms with Crippen LogP contribution in [0.2, 0.25) is 0 Å². The van der Waals surface area contributed by atoms with E-state index in [-0.39, 0.29) is 6.03 Å². The molecule has 2 saturated heterocycles. The number of anilines is 2. The van der Waals surface area contributed by atoms with Crippen LogP contribution in [0.25, 0.3) is 0 Å². The molecule has 2 aromatic rings. The van der Waals surface area contributed by atoms with Gasteiger partial charge in [-0.2, -0.15) is 9.78 Å². The van der Waals surface area contributed by atoms with Gasteiger partial charge in [-0.3, -0.25) is 0 Å². The Labute approximate surface area is 153 Å². The highest BCUT2D eigenvalue weighted by Crippen LogP contribution is 2.22. The Kier molecular flexibility index (Phi) is 4.79. The monoisotopic (exact) mass is 355 g/mol. The van der Waals surface area contributed by atoms with E-state index < -0.39 is 0 Å². The Bertz CT molecular complexity index is 744. The molecule has 0 unspecified atom stereocenters. The molecular weight excluding hydrogens is 330 g/mol. The summed E-state index contributed by atoms with van der Waals surface area (Å²) in [7, 11) is 0. The zero-order valence-electron chi connectivity index (χ0n) is 15.2. The zero-order valence-corrected chi connectivity index (χ0v) is 15.2.